The quantitative estimate of drug-likeness (QED) is 0.0980. The lowest BCUT2D eigenvalue weighted by atomic mass is 10.1. The molecule has 9 heteroatoms. The van der Waals surface area contributed by atoms with Gasteiger partial charge in [0.05, 0.1) is 32.6 Å². The van der Waals surface area contributed by atoms with E-state index in [-0.39, 0.29) is 27.2 Å². The van der Waals surface area contributed by atoms with Gasteiger partial charge in [-0.1, -0.05) is 64.0 Å². The monoisotopic (exact) mass is 552 g/mol. The molecular formula is C27H29BrN4O4. The van der Waals surface area contributed by atoms with E-state index in [9.17, 15) is 20.5 Å². The van der Waals surface area contributed by atoms with E-state index in [0.717, 1.165) is 18.9 Å². The van der Waals surface area contributed by atoms with Gasteiger partial charge in [0, 0.05) is 17.5 Å². The number of azo groups is 1. The van der Waals surface area contributed by atoms with Crippen molar-refractivity contribution in [3.05, 3.63) is 62.6 Å². The molecule has 3 aromatic rings. The van der Waals surface area contributed by atoms with Crippen LogP contribution in [0.1, 0.15) is 63.9 Å². The zero-order valence-corrected chi connectivity index (χ0v) is 21.8. The van der Waals surface area contributed by atoms with Gasteiger partial charge in [0.1, 0.15) is 23.3 Å². The summed E-state index contributed by atoms with van der Waals surface area (Å²) < 4.78 is 6.36. The van der Waals surface area contributed by atoms with Crippen molar-refractivity contribution in [2.45, 2.75) is 58.3 Å². The number of hydrogen-bond donors (Lipinski definition) is 1. The van der Waals surface area contributed by atoms with Gasteiger partial charge < -0.3 is 9.84 Å². The Labute approximate surface area is 218 Å². The highest BCUT2D eigenvalue weighted by Gasteiger charge is 2.16. The van der Waals surface area contributed by atoms with E-state index in [0.29, 0.717) is 28.8 Å². The van der Waals surface area contributed by atoms with Gasteiger partial charge in [0.15, 0.2) is 0 Å². The summed E-state index contributed by atoms with van der Waals surface area (Å²) in [5.74, 6) is 0.680. The van der Waals surface area contributed by atoms with Crippen LogP contribution in [0.2, 0.25) is 0 Å². The molecule has 0 aliphatic carbocycles. The zero-order chi connectivity index (χ0) is 25.9. The standard InChI is InChI=1S/C27H29BrN4O4/c1-2-3-4-5-6-7-8-9-15-36-25-12-10-11-21-24(33)14-13-23(26(21)25)30-31-27-19(18-29)16-20(32(34)35)17-22(27)28/h10-14,16-17,33H,2-9,15H2,1H3/b31-30+. The number of rotatable bonds is 13. The number of hydrogen-bond acceptors (Lipinski definition) is 7. The Bertz CT molecular complexity index is 1290. The van der Waals surface area contributed by atoms with E-state index >= 15 is 0 Å². The summed E-state index contributed by atoms with van der Waals surface area (Å²) in [6.07, 6.45) is 9.60. The van der Waals surface area contributed by atoms with Gasteiger partial charge in [0.2, 0.25) is 0 Å². The van der Waals surface area contributed by atoms with Crippen LogP contribution >= 0.6 is 15.9 Å². The predicted molar refractivity (Wildman–Crippen MR) is 143 cm³/mol. The minimum absolute atomic E-state index is 0.0223. The highest BCUT2D eigenvalue weighted by molar-refractivity contribution is 9.10. The lowest BCUT2D eigenvalue weighted by molar-refractivity contribution is -0.384. The highest BCUT2D eigenvalue weighted by atomic mass is 79.9. The van der Waals surface area contributed by atoms with Crippen molar-refractivity contribution in [3.8, 4) is 17.6 Å². The van der Waals surface area contributed by atoms with Gasteiger partial charge >= 0.3 is 0 Å². The lowest BCUT2D eigenvalue weighted by Gasteiger charge is -2.12. The molecule has 0 saturated heterocycles. The minimum Gasteiger partial charge on any atom is -0.507 e. The molecule has 3 rings (SSSR count). The second-order valence-electron chi connectivity index (χ2n) is 8.50. The number of nitro groups is 1. The van der Waals surface area contributed by atoms with Gasteiger partial charge in [-0.3, -0.25) is 10.1 Å². The Balaban J connectivity index is 1.79. The molecule has 0 saturated carbocycles. The highest BCUT2D eigenvalue weighted by Crippen LogP contribution is 2.41. The fraction of sp³-hybridized carbons (Fsp3) is 0.370. The average molecular weight is 553 g/mol. The van der Waals surface area contributed by atoms with Gasteiger partial charge in [-0.2, -0.15) is 5.26 Å². The fourth-order valence-electron chi connectivity index (χ4n) is 3.94. The van der Waals surface area contributed by atoms with Crippen molar-refractivity contribution in [2.75, 3.05) is 6.61 Å². The van der Waals surface area contributed by atoms with Crippen molar-refractivity contribution >= 4 is 43.8 Å². The first-order chi connectivity index (χ1) is 17.5. The van der Waals surface area contributed by atoms with Gasteiger partial charge in [0.25, 0.3) is 5.69 Å². The Hall–Kier alpha value is -3.51. The molecule has 0 bridgehead atoms. The number of unbranched alkanes of at least 4 members (excludes halogenated alkanes) is 7. The number of phenolic OH excluding ortho intramolecular Hbond substituents is 1. The summed E-state index contributed by atoms with van der Waals surface area (Å²) in [5, 5.41) is 40.7. The first-order valence-corrected chi connectivity index (χ1v) is 12.9. The summed E-state index contributed by atoms with van der Waals surface area (Å²) in [6.45, 7) is 2.77. The van der Waals surface area contributed by atoms with E-state index < -0.39 is 4.92 Å². The van der Waals surface area contributed by atoms with Crippen LogP contribution in [0.15, 0.2) is 57.2 Å². The third kappa shape index (κ3) is 7.01. The normalized spacial score (nSPS) is 11.1. The first-order valence-electron chi connectivity index (χ1n) is 12.1. The van der Waals surface area contributed by atoms with Crippen LogP contribution < -0.4 is 4.74 Å². The van der Waals surface area contributed by atoms with Crippen molar-refractivity contribution < 1.29 is 14.8 Å². The van der Waals surface area contributed by atoms with Crippen molar-refractivity contribution in [2.24, 2.45) is 10.2 Å². The third-order valence-electron chi connectivity index (χ3n) is 5.85. The summed E-state index contributed by atoms with van der Waals surface area (Å²) in [5.41, 5.74) is 0.434. The molecule has 0 unspecified atom stereocenters. The summed E-state index contributed by atoms with van der Waals surface area (Å²) in [7, 11) is 0. The number of nitriles is 1. The predicted octanol–water partition coefficient (Wildman–Crippen LogP) is 9.02. The Morgan fingerprint density at radius 3 is 2.47 bits per heavy atom. The summed E-state index contributed by atoms with van der Waals surface area (Å²) in [6, 6.07) is 12.9. The second kappa shape index (κ2) is 13.5. The van der Waals surface area contributed by atoms with Crippen LogP contribution in [0, 0.1) is 21.4 Å². The number of aromatic hydroxyl groups is 1. The maximum atomic E-state index is 11.1. The Morgan fingerprint density at radius 2 is 1.78 bits per heavy atom. The molecule has 1 N–H and O–H groups in total. The van der Waals surface area contributed by atoms with Crippen LogP contribution in [0.3, 0.4) is 0 Å². The third-order valence-corrected chi connectivity index (χ3v) is 6.45. The molecule has 188 valence electrons. The zero-order valence-electron chi connectivity index (χ0n) is 20.2. The first kappa shape index (κ1) is 27.1. The molecule has 0 aliphatic rings. The fourth-order valence-corrected chi connectivity index (χ4v) is 4.47. The van der Waals surface area contributed by atoms with Crippen molar-refractivity contribution in [1.29, 1.82) is 5.26 Å². The molecule has 36 heavy (non-hydrogen) atoms. The molecule has 0 spiro atoms. The Kier molecular flexibility index (Phi) is 10.2. The van der Waals surface area contributed by atoms with E-state index in [2.05, 4.69) is 33.1 Å². The number of benzene rings is 3. The van der Waals surface area contributed by atoms with Crippen LogP contribution in [0.5, 0.6) is 11.5 Å². The summed E-state index contributed by atoms with van der Waals surface area (Å²) >= 11 is 3.25. The van der Waals surface area contributed by atoms with Crippen molar-refractivity contribution in [3.63, 3.8) is 0 Å². The lowest BCUT2D eigenvalue weighted by Crippen LogP contribution is -1.98. The number of nitro benzene ring substituents is 1. The van der Waals surface area contributed by atoms with Gasteiger partial charge in [-0.15, -0.1) is 10.2 Å². The molecule has 0 fully saturated rings. The maximum Gasteiger partial charge on any atom is 0.272 e. The smallest absolute Gasteiger partial charge is 0.272 e. The molecule has 0 aliphatic heterocycles. The van der Waals surface area contributed by atoms with Crippen LogP contribution in [0.4, 0.5) is 17.1 Å². The van der Waals surface area contributed by atoms with E-state index in [4.69, 9.17) is 4.74 Å². The molecule has 0 radical (unpaired) electrons. The van der Waals surface area contributed by atoms with Crippen LogP contribution in [-0.4, -0.2) is 16.6 Å². The SMILES string of the molecule is CCCCCCCCCCOc1cccc2c(O)ccc(/N=N/c3c(Br)cc([N+](=O)[O-])cc3C#N)c12. The van der Waals surface area contributed by atoms with Crippen LogP contribution in [0.25, 0.3) is 10.8 Å². The van der Waals surface area contributed by atoms with E-state index in [1.54, 1.807) is 12.1 Å². The largest absolute Gasteiger partial charge is 0.507 e. The number of phenols is 1. The number of fused-ring (bicyclic) bond motifs is 1. The molecule has 8 nitrogen and oxygen atoms in total. The minimum atomic E-state index is -0.573. The number of halogens is 1. The Morgan fingerprint density at radius 1 is 1.06 bits per heavy atom. The van der Waals surface area contributed by atoms with Gasteiger partial charge in [-0.25, -0.2) is 0 Å². The summed E-state index contributed by atoms with van der Waals surface area (Å²) in [4.78, 5) is 10.5. The molecule has 0 aromatic heterocycles. The number of ether oxygens (including phenoxy) is 1. The van der Waals surface area contributed by atoms with Crippen LogP contribution in [-0.2, 0) is 0 Å². The second-order valence-corrected chi connectivity index (χ2v) is 9.35. The van der Waals surface area contributed by atoms with E-state index in [1.165, 1.54) is 50.7 Å². The van der Waals surface area contributed by atoms with Crippen molar-refractivity contribution in [1.82, 2.24) is 0 Å². The maximum absolute atomic E-state index is 11.1. The molecule has 0 atom stereocenters. The number of nitrogens with zero attached hydrogens (tertiary/aromatic N) is 4. The molecule has 3 aromatic carbocycles. The number of non-ortho nitro benzene ring substituents is 1. The molecule has 0 heterocycles. The average Bonchev–Trinajstić information content (AvgIpc) is 2.87. The van der Waals surface area contributed by atoms with Gasteiger partial charge in [-0.05, 0) is 40.5 Å². The molecule has 0 amide bonds. The molecular weight excluding hydrogens is 524 g/mol. The van der Waals surface area contributed by atoms with E-state index in [1.807, 2.05) is 18.2 Å². The topological polar surface area (TPSA) is 121 Å².